The highest BCUT2D eigenvalue weighted by atomic mass is 16.8. The summed E-state index contributed by atoms with van der Waals surface area (Å²) in [7, 11) is 0. The molecule has 17 unspecified atom stereocenters. The summed E-state index contributed by atoms with van der Waals surface area (Å²) in [5.74, 6) is -0.320. The van der Waals surface area contributed by atoms with Crippen molar-refractivity contribution in [2.45, 2.75) is 253 Å². The van der Waals surface area contributed by atoms with Gasteiger partial charge in [-0.2, -0.15) is 0 Å². The lowest BCUT2D eigenvalue weighted by molar-refractivity contribution is -0.379. The van der Waals surface area contributed by atoms with Crippen LogP contribution in [0.2, 0.25) is 0 Å². The molecule has 3 saturated heterocycles. The van der Waals surface area contributed by atoms with Gasteiger partial charge in [-0.3, -0.25) is 4.79 Å². The molecule has 0 aromatic heterocycles. The third kappa shape index (κ3) is 23.6. The molecule has 17 atom stereocenters. The molecular formula is C55H95NO18. The van der Waals surface area contributed by atoms with Crippen LogP contribution in [0.15, 0.2) is 60.8 Å². The molecule has 0 aliphatic carbocycles. The molecular weight excluding hydrogens is 963 g/mol. The maximum atomic E-state index is 13.2. The van der Waals surface area contributed by atoms with Gasteiger partial charge in [0.1, 0.15) is 73.2 Å². The molecule has 0 aromatic carbocycles. The van der Waals surface area contributed by atoms with Crippen LogP contribution in [0.3, 0.4) is 0 Å². The molecule has 74 heavy (non-hydrogen) atoms. The Morgan fingerprint density at radius 3 is 1.46 bits per heavy atom. The number of carbonyl (C=O) groups is 1. The van der Waals surface area contributed by atoms with Crippen molar-refractivity contribution in [1.82, 2.24) is 5.32 Å². The van der Waals surface area contributed by atoms with Gasteiger partial charge in [-0.1, -0.05) is 145 Å². The summed E-state index contributed by atoms with van der Waals surface area (Å²) < 4.78 is 34.1. The second-order valence-corrected chi connectivity index (χ2v) is 19.7. The Hall–Kier alpha value is -2.51. The van der Waals surface area contributed by atoms with Gasteiger partial charge in [0.2, 0.25) is 5.91 Å². The van der Waals surface area contributed by atoms with Crippen molar-refractivity contribution in [3.05, 3.63) is 60.8 Å². The van der Waals surface area contributed by atoms with Gasteiger partial charge in [-0.05, 0) is 57.8 Å². The van der Waals surface area contributed by atoms with Crippen molar-refractivity contribution in [2.75, 3.05) is 26.4 Å². The Labute approximate surface area is 439 Å². The van der Waals surface area contributed by atoms with Crippen LogP contribution in [0, 0.1) is 0 Å². The minimum absolute atomic E-state index is 0.188. The molecule has 1 amide bonds. The van der Waals surface area contributed by atoms with E-state index < -0.39 is 124 Å². The van der Waals surface area contributed by atoms with E-state index in [1.54, 1.807) is 6.08 Å². The molecule has 3 fully saturated rings. The Morgan fingerprint density at radius 2 is 0.932 bits per heavy atom. The zero-order valence-corrected chi connectivity index (χ0v) is 44.0. The van der Waals surface area contributed by atoms with Gasteiger partial charge in [-0.15, -0.1) is 0 Å². The zero-order chi connectivity index (χ0) is 54.1. The highest BCUT2D eigenvalue weighted by Crippen LogP contribution is 2.33. The number of amides is 1. The van der Waals surface area contributed by atoms with Crippen molar-refractivity contribution in [3.8, 4) is 0 Å². The molecule has 19 nitrogen and oxygen atoms in total. The fourth-order valence-corrected chi connectivity index (χ4v) is 9.00. The van der Waals surface area contributed by atoms with Gasteiger partial charge >= 0.3 is 0 Å². The molecule has 0 aromatic rings. The lowest BCUT2D eigenvalue weighted by atomic mass is 9.96. The molecule has 3 aliphatic rings. The molecule has 0 radical (unpaired) electrons. The van der Waals surface area contributed by atoms with Crippen molar-refractivity contribution >= 4 is 5.91 Å². The van der Waals surface area contributed by atoms with E-state index in [9.17, 15) is 61.0 Å². The van der Waals surface area contributed by atoms with Crippen LogP contribution < -0.4 is 5.32 Å². The lowest BCUT2D eigenvalue weighted by Crippen LogP contribution is -2.66. The minimum Gasteiger partial charge on any atom is -0.394 e. The van der Waals surface area contributed by atoms with Crippen LogP contribution in [0.4, 0.5) is 0 Å². The summed E-state index contributed by atoms with van der Waals surface area (Å²) in [6, 6.07) is -0.995. The highest BCUT2D eigenvalue weighted by molar-refractivity contribution is 5.76. The molecule has 0 spiro atoms. The van der Waals surface area contributed by atoms with Crippen LogP contribution in [-0.2, 0) is 33.2 Å². The van der Waals surface area contributed by atoms with Crippen LogP contribution in [-0.4, -0.2) is 193 Å². The number of aliphatic hydroxyl groups excluding tert-OH is 11. The van der Waals surface area contributed by atoms with E-state index in [-0.39, 0.29) is 18.9 Å². The van der Waals surface area contributed by atoms with E-state index in [0.717, 1.165) is 64.2 Å². The molecule has 0 saturated carbocycles. The van der Waals surface area contributed by atoms with E-state index in [2.05, 4.69) is 67.8 Å². The van der Waals surface area contributed by atoms with Crippen molar-refractivity contribution in [3.63, 3.8) is 0 Å². The average molecular weight is 1060 g/mol. The molecule has 12 N–H and O–H groups in total. The topological polar surface area (TPSA) is 307 Å². The molecule has 0 bridgehead atoms. The predicted octanol–water partition coefficient (Wildman–Crippen LogP) is 3.31. The number of aliphatic hydroxyl groups is 11. The fourth-order valence-electron chi connectivity index (χ4n) is 9.00. The normalized spacial score (nSPS) is 31.9. The van der Waals surface area contributed by atoms with Crippen LogP contribution in [0.1, 0.15) is 149 Å². The van der Waals surface area contributed by atoms with E-state index in [1.807, 2.05) is 6.08 Å². The number of allylic oxidation sites excluding steroid dienone is 9. The van der Waals surface area contributed by atoms with Crippen molar-refractivity contribution in [1.29, 1.82) is 0 Å². The average Bonchev–Trinajstić information content (AvgIpc) is 3.40. The Bertz CT molecular complexity index is 1590. The number of rotatable bonds is 38. The third-order valence-corrected chi connectivity index (χ3v) is 13.6. The fraction of sp³-hybridized carbons (Fsp3) is 0.800. The van der Waals surface area contributed by atoms with E-state index >= 15 is 0 Å². The van der Waals surface area contributed by atoms with Gasteiger partial charge in [0.25, 0.3) is 0 Å². The summed E-state index contributed by atoms with van der Waals surface area (Å²) in [6.07, 6.45) is 15.0. The Kier molecular flexibility index (Phi) is 34.6. The monoisotopic (exact) mass is 1060 g/mol. The molecule has 19 heteroatoms. The number of unbranched alkanes of at least 4 members (excludes halogenated alkanes) is 14. The van der Waals surface area contributed by atoms with Gasteiger partial charge in [0, 0.05) is 6.42 Å². The van der Waals surface area contributed by atoms with Gasteiger partial charge in [-0.25, -0.2) is 0 Å². The number of carbonyl (C=O) groups excluding carboxylic acids is 1. The number of hydrogen-bond acceptors (Lipinski definition) is 18. The first kappa shape index (κ1) is 65.8. The number of ether oxygens (including phenoxy) is 6. The molecule has 428 valence electrons. The highest BCUT2D eigenvalue weighted by Gasteiger charge is 2.53. The molecule has 3 heterocycles. The van der Waals surface area contributed by atoms with Gasteiger partial charge < -0.3 is 89.9 Å². The largest absolute Gasteiger partial charge is 0.394 e. The van der Waals surface area contributed by atoms with Gasteiger partial charge in [0.15, 0.2) is 18.9 Å². The second kappa shape index (κ2) is 38.9. The van der Waals surface area contributed by atoms with Crippen LogP contribution >= 0.6 is 0 Å². The maximum Gasteiger partial charge on any atom is 0.220 e. The second-order valence-electron chi connectivity index (χ2n) is 19.7. The smallest absolute Gasteiger partial charge is 0.220 e. The summed E-state index contributed by atoms with van der Waals surface area (Å²) in [4.78, 5) is 13.2. The quantitative estimate of drug-likeness (QED) is 0.0312. The maximum absolute atomic E-state index is 13.2. The number of hydrogen-bond donors (Lipinski definition) is 12. The molecule has 3 rings (SSSR count). The van der Waals surface area contributed by atoms with Crippen LogP contribution in [0.25, 0.3) is 0 Å². The predicted molar refractivity (Wildman–Crippen MR) is 277 cm³/mol. The summed E-state index contributed by atoms with van der Waals surface area (Å²) >= 11 is 0. The molecule has 3 aliphatic heterocycles. The SMILES string of the molecule is CC/C=C\C/C=C\C/C=C\C/C=C\CCCCC(=O)NC(COC1OC(CO)C(OC2OC(CO)C(OC3OC(CO)C(O)C(O)C3O)C(O)C2O)C(O)C1O)C(O)/C=C/CCCCCCCCCCCCCC. The van der Waals surface area contributed by atoms with E-state index in [4.69, 9.17) is 28.4 Å². The van der Waals surface area contributed by atoms with Crippen molar-refractivity contribution in [2.24, 2.45) is 0 Å². The first-order chi connectivity index (χ1) is 35.8. The Balaban J connectivity index is 1.56. The summed E-state index contributed by atoms with van der Waals surface area (Å²) in [5, 5.41) is 120. The standard InChI is InChI=1S/C55H95NO18/c1-3-5-7-9-11-13-15-17-19-21-23-25-27-29-31-33-43(61)56-38(39(60)32-30-28-26-24-22-20-18-16-14-12-10-8-6-4-2)37-69-53-49(67)46(64)51(41(35-58)71-53)74-55-50(68)47(65)52(42(36-59)72-55)73-54-48(66)45(63)44(62)40(34-57)70-54/h5,7,11,13,17,19,23,25,30,32,38-42,44-55,57-60,62-68H,3-4,6,8-10,12,14-16,18,20-22,24,26-29,31,33-37H2,1-2H3,(H,56,61)/b7-5-,13-11-,19-17-,25-23-,32-30+. The lowest BCUT2D eigenvalue weighted by Gasteiger charge is -2.48. The summed E-state index contributed by atoms with van der Waals surface area (Å²) in [6.45, 7) is 1.53. The van der Waals surface area contributed by atoms with Crippen molar-refractivity contribution < 1.29 is 89.4 Å². The first-order valence-corrected chi connectivity index (χ1v) is 27.5. The van der Waals surface area contributed by atoms with E-state index in [1.165, 1.54) is 57.8 Å². The third-order valence-electron chi connectivity index (χ3n) is 13.6. The van der Waals surface area contributed by atoms with E-state index in [0.29, 0.717) is 6.42 Å². The summed E-state index contributed by atoms with van der Waals surface area (Å²) in [5.41, 5.74) is 0. The Morgan fingerprint density at radius 1 is 0.500 bits per heavy atom. The number of nitrogens with one attached hydrogen (secondary N) is 1. The van der Waals surface area contributed by atoms with Gasteiger partial charge in [0.05, 0.1) is 38.6 Å². The van der Waals surface area contributed by atoms with Crippen LogP contribution in [0.5, 0.6) is 0 Å². The zero-order valence-electron chi connectivity index (χ0n) is 44.0. The first-order valence-electron chi connectivity index (χ1n) is 27.5. The minimum atomic E-state index is -1.98.